The molecule has 2 heterocycles. The standard InChI is InChI=1S/C22H29FN4O6S2/c1-6-26(15-7-8-25(11-15)20(28)29)17-10-16(23)18(9-14(17)2)35(31,32)27(19-12-34-13-24-19)21(30)33-22(3,4)5/h9-10,12-13,15H,6-8,11H2,1-5H3,(H,28,29). The van der Waals surface area contributed by atoms with Crippen LogP contribution in [0.15, 0.2) is 27.9 Å². The molecular weight excluding hydrogens is 499 g/mol. The van der Waals surface area contributed by atoms with E-state index in [4.69, 9.17) is 4.74 Å². The number of hydrogen-bond acceptors (Lipinski definition) is 8. The lowest BCUT2D eigenvalue weighted by Gasteiger charge is -2.32. The van der Waals surface area contributed by atoms with Crippen LogP contribution in [-0.4, -0.2) is 66.9 Å². The number of ether oxygens (including phenoxy) is 1. The second-order valence-electron chi connectivity index (χ2n) is 9.12. The van der Waals surface area contributed by atoms with Gasteiger partial charge in [0, 0.05) is 36.7 Å². The van der Waals surface area contributed by atoms with Crippen molar-refractivity contribution in [2.24, 2.45) is 0 Å². The number of benzene rings is 1. The van der Waals surface area contributed by atoms with Gasteiger partial charge in [-0.1, -0.05) is 0 Å². The predicted molar refractivity (Wildman–Crippen MR) is 130 cm³/mol. The van der Waals surface area contributed by atoms with Crippen LogP contribution < -0.4 is 9.21 Å². The first-order valence-electron chi connectivity index (χ1n) is 11.0. The maximum absolute atomic E-state index is 15.4. The smallest absolute Gasteiger partial charge is 0.430 e. The van der Waals surface area contributed by atoms with Gasteiger partial charge in [0.05, 0.1) is 5.51 Å². The van der Waals surface area contributed by atoms with E-state index in [1.165, 1.54) is 21.9 Å². The van der Waals surface area contributed by atoms with E-state index in [0.29, 0.717) is 35.1 Å². The minimum absolute atomic E-state index is 0.176. The van der Waals surface area contributed by atoms with Gasteiger partial charge in [0.15, 0.2) is 5.82 Å². The molecule has 0 aliphatic carbocycles. The fraction of sp³-hybridized carbons (Fsp3) is 0.500. The molecule has 1 saturated heterocycles. The molecule has 1 aromatic heterocycles. The maximum atomic E-state index is 15.4. The lowest BCUT2D eigenvalue weighted by molar-refractivity contribution is 0.0608. The number of sulfonamides is 1. The van der Waals surface area contributed by atoms with Gasteiger partial charge >= 0.3 is 12.2 Å². The molecular formula is C22H29FN4O6S2. The third kappa shape index (κ3) is 5.67. The number of likely N-dealkylation sites (tertiary alicyclic amines) is 1. The quantitative estimate of drug-likeness (QED) is 0.589. The fourth-order valence-corrected chi connectivity index (χ4v) is 5.96. The number of halogens is 1. The molecule has 1 atom stereocenters. The lowest BCUT2D eigenvalue weighted by Crippen LogP contribution is -2.41. The number of carbonyl (C=O) groups excluding carboxylic acids is 1. The molecule has 192 valence electrons. The van der Waals surface area contributed by atoms with Crippen LogP contribution in [0.3, 0.4) is 0 Å². The Labute approximate surface area is 208 Å². The molecule has 35 heavy (non-hydrogen) atoms. The fourth-order valence-electron chi connectivity index (χ4n) is 3.97. The molecule has 1 aliphatic heterocycles. The van der Waals surface area contributed by atoms with Crippen LogP contribution in [0.1, 0.15) is 39.7 Å². The Hall–Kier alpha value is -2.93. The summed E-state index contributed by atoms with van der Waals surface area (Å²) in [4.78, 5) is 30.6. The molecule has 2 aromatic rings. The highest BCUT2D eigenvalue weighted by Gasteiger charge is 2.38. The number of carboxylic acid groups (broad SMARTS) is 1. The van der Waals surface area contributed by atoms with E-state index in [0.717, 1.165) is 17.4 Å². The number of anilines is 2. The zero-order valence-corrected chi connectivity index (χ0v) is 21.8. The van der Waals surface area contributed by atoms with Crippen LogP contribution >= 0.6 is 11.3 Å². The van der Waals surface area contributed by atoms with E-state index in [2.05, 4.69) is 4.98 Å². The van der Waals surface area contributed by atoms with Crippen LogP contribution in [0, 0.1) is 12.7 Å². The van der Waals surface area contributed by atoms with Crippen molar-refractivity contribution in [3.63, 3.8) is 0 Å². The summed E-state index contributed by atoms with van der Waals surface area (Å²) in [6, 6.07) is 2.12. The molecule has 1 N–H and O–H groups in total. The van der Waals surface area contributed by atoms with Crippen molar-refractivity contribution in [1.29, 1.82) is 0 Å². The van der Waals surface area contributed by atoms with E-state index in [-0.39, 0.29) is 18.4 Å². The highest BCUT2D eigenvalue weighted by Crippen LogP contribution is 2.33. The molecule has 1 aliphatic rings. The molecule has 0 radical (unpaired) electrons. The number of carbonyl (C=O) groups is 2. The number of thiazole rings is 1. The number of amides is 2. The van der Waals surface area contributed by atoms with Gasteiger partial charge in [0.2, 0.25) is 0 Å². The van der Waals surface area contributed by atoms with Gasteiger partial charge in [0.1, 0.15) is 16.3 Å². The van der Waals surface area contributed by atoms with E-state index in [9.17, 15) is 23.1 Å². The molecule has 13 heteroatoms. The van der Waals surface area contributed by atoms with Crippen molar-refractivity contribution >= 4 is 45.1 Å². The molecule has 1 unspecified atom stereocenters. The van der Waals surface area contributed by atoms with E-state index < -0.39 is 38.5 Å². The summed E-state index contributed by atoms with van der Waals surface area (Å²) in [6.07, 6.45) is -1.64. The lowest BCUT2D eigenvalue weighted by atomic mass is 10.1. The Balaban J connectivity index is 2.02. The van der Waals surface area contributed by atoms with Crippen molar-refractivity contribution < 1.29 is 32.2 Å². The summed E-state index contributed by atoms with van der Waals surface area (Å²) in [5, 5.41) is 10.6. The van der Waals surface area contributed by atoms with Crippen molar-refractivity contribution in [2.45, 2.75) is 57.6 Å². The molecule has 0 spiro atoms. The topological polar surface area (TPSA) is 120 Å². The Kier molecular flexibility index (Phi) is 7.60. The first-order chi connectivity index (χ1) is 16.3. The summed E-state index contributed by atoms with van der Waals surface area (Å²) in [5.41, 5.74) is 1.28. The number of likely N-dealkylation sites (N-methyl/N-ethyl adjacent to an activating group) is 1. The van der Waals surface area contributed by atoms with Crippen LogP contribution in [0.25, 0.3) is 0 Å². The Morgan fingerprint density at radius 3 is 2.54 bits per heavy atom. The highest BCUT2D eigenvalue weighted by molar-refractivity contribution is 7.93. The summed E-state index contributed by atoms with van der Waals surface area (Å²) in [5.74, 6) is -1.23. The van der Waals surface area contributed by atoms with Gasteiger partial charge in [-0.3, -0.25) is 0 Å². The molecule has 1 fully saturated rings. The second kappa shape index (κ2) is 9.97. The average molecular weight is 529 g/mol. The van der Waals surface area contributed by atoms with Crippen LogP contribution in [0.4, 0.5) is 25.5 Å². The SMILES string of the molecule is CCN(c1cc(F)c(S(=O)(=O)N(C(=O)OC(C)(C)C)c2cscn2)cc1C)C1CCN(C(=O)O)C1. The molecule has 0 bridgehead atoms. The van der Waals surface area contributed by atoms with Crippen molar-refractivity contribution in [1.82, 2.24) is 9.88 Å². The van der Waals surface area contributed by atoms with Gasteiger partial charge in [-0.05, 0) is 58.7 Å². The van der Waals surface area contributed by atoms with Gasteiger partial charge in [-0.2, -0.15) is 0 Å². The van der Waals surface area contributed by atoms with Crippen LogP contribution in [-0.2, 0) is 14.8 Å². The minimum Gasteiger partial charge on any atom is -0.465 e. The van der Waals surface area contributed by atoms with Gasteiger partial charge in [-0.25, -0.2) is 27.4 Å². The van der Waals surface area contributed by atoms with E-state index in [1.54, 1.807) is 27.7 Å². The minimum atomic E-state index is -4.71. The average Bonchev–Trinajstić information content (AvgIpc) is 3.42. The first-order valence-corrected chi connectivity index (χ1v) is 13.4. The molecule has 10 nitrogen and oxygen atoms in total. The summed E-state index contributed by atoms with van der Waals surface area (Å²) in [6.45, 7) is 9.36. The molecule has 2 amide bonds. The number of aromatic nitrogens is 1. The summed E-state index contributed by atoms with van der Waals surface area (Å²) >= 11 is 1.08. The summed E-state index contributed by atoms with van der Waals surface area (Å²) in [7, 11) is -4.71. The Morgan fingerprint density at radius 2 is 2.03 bits per heavy atom. The summed E-state index contributed by atoms with van der Waals surface area (Å²) < 4.78 is 48.1. The van der Waals surface area contributed by atoms with Gasteiger partial charge in [0.25, 0.3) is 10.0 Å². The predicted octanol–water partition coefficient (Wildman–Crippen LogP) is 4.30. The Morgan fingerprint density at radius 1 is 1.34 bits per heavy atom. The molecule has 3 rings (SSSR count). The van der Waals surface area contributed by atoms with E-state index in [1.807, 2.05) is 11.8 Å². The van der Waals surface area contributed by atoms with Crippen LogP contribution in [0.2, 0.25) is 0 Å². The Bertz CT molecular complexity index is 1200. The highest BCUT2D eigenvalue weighted by atomic mass is 32.2. The first kappa shape index (κ1) is 26.7. The molecule has 0 saturated carbocycles. The third-order valence-corrected chi connectivity index (χ3v) is 7.74. The third-order valence-electron chi connectivity index (χ3n) is 5.48. The molecule has 1 aromatic carbocycles. The van der Waals surface area contributed by atoms with Crippen molar-refractivity contribution in [3.05, 3.63) is 34.4 Å². The number of aryl methyl sites for hydroxylation is 1. The monoisotopic (exact) mass is 528 g/mol. The zero-order valence-electron chi connectivity index (χ0n) is 20.2. The number of hydrogen-bond donors (Lipinski definition) is 1. The van der Waals surface area contributed by atoms with Crippen molar-refractivity contribution in [3.8, 4) is 0 Å². The van der Waals surface area contributed by atoms with Gasteiger partial charge in [-0.15, -0.1) is 15.6 Å². The number of rotatable bonds is 6. The normalized spacial score (nSPS) is 16.3. The van der Waals surface area contributed by atoms with Crippen molar-refractivity contribution in [2.75, 3.05) is 28.8 Å². The van der Waals surface area contributed by atoms with E-state index >= 15 is 4.39 Å². The number of nitrogens with zero attached hydrogens (tertiary/aromatic N) is 4. The van der Waals surface area contributed by atoms with Gasteiger partial charge < -0.3 is 19.6 Å². The maximum Gasteiger partial charge on any atom is 0.430 e. The second-order valence-corrected chi connectivity index (χ2v) is 11.6. The van der Waals surface area contributed by atoms with Crippen LogP contribution in [0.5, 0.6) is 0 Å². The zero-order chi connectivity index (χ0) is 26.1. The largest absolute Gasteiger partial charge is 0.465 e.